The van der Waals surface area contributed by atoms with Crippen molar-refractivity contribution >= 4 is 17.6 Å². The molecular formula is C16H17NO5. The first kappa shape index (κ1) is 15.6. The first-order chi connectivity index (χ1) is 10.4. The highest BCUT2D eigenvalue weighted by atomic mass is 16.5. The second-order valence-electron chi connectivity index (χ2n) is 4.83. The molecular weight excluding hydrogens is 286 g/mol. The molecule has 0 unspecified atom stereocenters. The molecule has 0 amide bonds. The number of benzene rings is 1. The van der Waals surface area contributed by atoms with Crippen LogP contribution < -0.4 is 5.32 Å². The van der Waals surface area contributed by atoms with Crippen LogP contribution >= 0.6 is 0 Å². The molecule has 0 aliphatic carbocycles. The molecule has 1 aromatic heterocycles. The Morgan fingerprint density at radius 2 is 2.05 bits per heavy atom. The number of aromatic carboxylic acids is 1. The van der Waals surface area contributed by atoms with Crippen LogP contribution in [0.15, 0.2) is 28.7 Å². The predicted octanol–water partition coefficient (Wildman–Crippen LogP) is 2.99. The molecule has 0 radical (unpaired) electrons. The van der Waals surface area contributed by atoms with Crippen molar-refractivity contribution in [3.63, 3.8) is 0 Å². The molecule has 6 heteroatoms. The fourth-order valence-corrected chi connectivity index (χ4v) is 2.13. The number of carboxylic acids is 1. The standard InChI is InChI=1S/C16H17NO5/c1-9-7-11(22-10(9)2)8-17-13-6-4-5-12(16(20)21-3)14(13)15(18)19/h4-7,17H,8H2,1-3H3,(H,18,19). The van der Waals surface area contributed by atoms with Crippen LogP contribution in [-0.2, 0) is 11.3 Å². The quantitative estimate of drug-likeness (QED) is 0.825. The topological polar surface area (TPSA) is 88.8 Å². The Balaban J connectivity index is 2.30. The lowest BCUT2D eigenvalue weighted by atomic mass is 10.1. The largest absolute Gasteiger partial charge is 0.478 e. The third-order valence-corrected chi connectivity index (χ3v) is 3.35. The van der Waals surface area contributed by atoms with Gasteiger partial charge in [0.15, 0.2) is 0 Å². The van der Waals surface area contributed by atoms with Crippen molar-refractivity contribution in [3.8, 4) is 0 Å². The zero-order chi connectivity index (χ0) is 16.3. The van der Waals surface area contributed by atoms with E-state index in [2.05, 4.69) is 10.1 Å². The summed E-state index contributed by atoms with van der Waals surface area (Å²) < 4.78 is 10.1. The molecule has 0 spiro atoms. The van der Waals surface area contributed by atoms with E-state index in [4.69, 9.17) is 4.42 Å². The molecule has 2 rings (SSSR count). The Morgan fingerprint density at radius 3 is 2.59 bits per heavy atom. The van der Waals surface area contributed by atoms with E-state index < -0.39 is 11.9 Å². The zero-order valence-electron chi connectivity index (χ0n) is 12.6. The highest BCUT2D eigenvalue weighted by molar-refractivity contribution is 6.06. The summed E-state index contributed by atoms with van der Waals surface area (Å²) in [5.41, 5.74) is 1.25. The Kier molecular flexibility index (Phi) is 4.50. The average molecular weight is 303 g/mol. The first-order valence-corrected chi connectivity index (χ1v) is 6.68. The molecule has 1 heterocycles. The van der Waals surface area contributed by atoms with E-state index >= 15 is 0 Å². The average Bonchev–Trinajstić information content (AvgIpc) is 2.82. The number of methoxy groups -OCH3 is 1. The molecule has 2 aromatic rings. The highest BCUT2D eigenvalue weighted by Crippen LogP contribution is 2.22. The molecule has 2 N–H and O–H groups in total. The van der Waals surface area contributed by atoms with Gasteiger partial charge in [0, 0.05) is 5.69 Å². The number of hydrogen-bond donors (Lipinski definition) is 2. The molecule has 0 fully saturated rings. The second kappa shape index (κ2) is 6.34. The van der Waals surface area contributed by atoms with E-state index in [0.29, 0.717) is 18.0 Å². The van der Waals surface area contributed by atoms with Crippen LogP contribution in [0.3, 0.4) is 0 Å². The van der Waals surface area contributed by atoms with Gasteiger partial charge in [-0.25, -0.2) is 9.59 Å². The normalized spacial score (nSPS) is 10.3. The van der Waals surface area contributed by atoms with Crippen molar-refractivity contribution < 1.29 is 23.8 Å². The Bertz CT molecular complexity index is 698. The Morgan fingerprint density at radius 1 is 1.32 bits per heavy atom. The van der Waals surface area contributed by atoms with Crippen LogP contribution in [-0.4, -0.2) is 24.2 Å². The van der Waals surface area contributed by atoms with Crippen molar-refractivity contribution in [1.82, 2.24) is 0 Å². The van der Waals surface area contributed by atoms with E-state index in [1.807, 2.05) is 19.9 Å². The van der Waals surface area contributed by atoms with E-state index in [-0.39, 0.29) is 11.1 Å². The van der Waals surface area contributed by atoms with Gasteiger partial charge in [-0.05, 0) is 37.6 Å². The molecule has 0 atom stereocenters. The number of carbonyl (C=O) groups excluding carboxylic acids is 1. The van der Waals surface area contributed by atoms with Gasteiger partial charge in [0.2, 0.25) is 0 Å². The number of rotatable bonds is 5. The minimum atomic E-state index is -1.20. The number of nitrogens with one attached hydrogen (secondary N) is 1. The summed E-state index contributed by atoms with van der Waals surface area (Å²) in [6, 6.07) is 6.49. The molecule has 116 valence electrons. The number of furan rings is 1. The summed E-state index contributed by atoms with van der Waals surface area (Å²) in [5.74, 6) is -0.380. The molecule has 6 nitrogen and oxygen atoms in total. The maximum Gasteiger partial charge on any atom is 0.338 e. The second-order valence-corrected chi connectivity index (χ2v) is 4.83. The fraction of sp³-hybridized carbons (Fsp3) is 0.250. The molecule has 0 bridgehead atoms. The van der Waals surface area contributed by atoms with E-state index in [1.165, 1.54) is 13.2 Å². The van der Waals surface area contributed by atoms with Gasteiger partial charge in [-0.3, -0.25) is 0 Å². The molecule has 1 aromatic carbocycles. The number of esters is 1. The van der Waals surface area contributed by atoms with Gasteiger partial charge in [-0.2, -0.15) is 0 Å². The zero-order valence-corrected chi connectivity index (χ0v) is 12.6. The number of aryl methyl sites for hydroxylation is 2. The SMILES string of the molecule is COC(=O)c1cccc(NCc2cc(C)c(C)o2)c1C(=O)O. The lowest BCUT2D eigenvalue weighted by Gasteiger charge is -2.11. The van der Waals surface area contributed by atoms with E-state index in [1.54, 1.807) is 12.1 Å². The summed E-state index contributed by atoms with van der Waals surface area (Å²) in [7, 11) is 1.21. The van der Waals surface area contributed by atoms with Gasteiger partial charge in [-0.15, -0.1) is 0 Å². The minimum Gasteiger partial charge on any atom is -0.478 e. The van der Waals surface area contributed by atoms with Crippen molar-refractivity contribution in [3.05, 3.63) is 52.5 Å². The van der Waals surface area contributed by atoms with Crippen molar-refractivity contribution in [2.24, 2.45) is 0 Å². The summed E-state index contributed by atoms with van der Waals surface area (Å²) in [6.07, 6.45) is 0. The van der Waals surface area contributed by atoms with Gasteiger partial charge in [-0.1, -0.05) is 6.07 Å². The van der Waals surface area contributed by atoms with Crippen molar-refractivity contribution in [2.75, 3.05) is 12.4 Å². The lowest BCUT2D eigenvalue weighted by Crippen LogP contribution is -2.13. The number of hydrogen-bond acceptors (Lipinski definition) is 5. The van der Waals surface area contributed by atoms with Crippen LogP contribution in [0.5, 0.6) is 0 Å². The van der Waals surface area contributed by atoms with Gasteiger partial charge in [0.25, 0.3) is 0 Å². The molecule has 22 heavy (non-hydrogen) atoms. The van der Waals surface area contributed by atoms with Gasteiger partial charge in [0.1, 0.15) is 11.5 Å². The van der Waals surface area contributed by atoms with Crippen LogP contribution in [0.4, 0.5) is 5.69 Å². The highest BCUT2D eigenvalue weighted by Gasteiger charge is 2.21. The summed E-state index contributed by atoms with van der Waals surface area (Å²) in [6.45, 7) is 4.11. The Hall–Kier alpha value is -2.76. The number of ether oxygens (including phenoxy) is 1. The van der Waals surface area contributed by atoms with Crippen LogP contribution in [0, 0.1) is 13.8 Å². The molecule has 0 saturated carbocycles. The van der Waals surface area contributed by atoms with Crippen molar-refractivity contribution in [2.45, 2.75) is 20.4 Å². The van der Waals surface area contributed by atoms with Gasteiger partial charge in [0.05, 0.1) is 24.8 Å². The molecule has 0 saturated heterocycles. The van der Waals surface area contributed by atoms with Gasteiger partial charge < -0.3 is 19.6 Å². The maximum absolute atomic E-state index is 11.7. The third kappa shape index (κ3) is 3.11. The van der Waals surface area contributed by atoms with E-state index in [0.717, 1.165) is 11.3 Å². The maximum atomic E-state index is 11.7. The van der Waals surface area contributed by atoms with Crippen LogP contribution in [0.25, 0.3) is 0 Å². The third-order valence-electron chi connectivity index (χ3n) is 3.35. The molecule has 0 aliphatic heterocycles. The summed E-state index contributed by atoms with van der Waals surface area (Å²) in [4.78, 5) is 23.1. The summed E-state index contributed by atoms with van der Waals surface area (Å²) in [5, 5.41) is 12.4. The number of anilines is 1. The predicted molar refractivity (Wildman–Crippen MR) is 80.2 cm³/mol. The monoisotopic (exact) mass is 303 g/mol. The van der Waals surface area contributed by atoms with Crippen LogP contribution in [0.2, 0.25) is 0 Å². The fourth-order valence-electron chi connectivity index (χ4n) is 2.13. The van der Waals surface area contributed by atoms with Gasteiger partial charge >= 0.3 is 11.9 Å². The number of carboxylic acid groups (broad SMARTS) is 1. The minimum absolute atomic E-state index is 0.00630. The lowest BCUT2D eigenvalue weighted by molar-refractivity contribution is 0.0583. The molecule has 0 aliphatic rings. The smallest absolute Gasteiger partial charge is 0.338 e. The van der Waals surface area contributed by atoms with Crippen LogP contribution in [0.1, 0.15) is 37.8 Å². The Labute approximate surface area is 127 Å². The first-order valence-electron chi connectivity index (χ1n) is 6.68. The summed E-state index contributed by atoms with van der Waals surface area (Å²) >= 11 is 0. The van der Waals surface area contributed by atoms with E-state index in [9.17, 15) is 14.7 Å². The van der Waals surface area contributed by atoms with Crippen molar-refractivity contribution in [1.29, 1.82) is 0 Å². The number of carbonyl (C=O) groups is 2.